The van der Waals surface area contributed by atoms with Gasteiger partial charge in [0.25, 0.3) is 23.9 Å². The van der Waals surface area contributed by atoms with Crippen molar-refractivity contribution in [1.82, 2.24) is 0 Å². The number of hydrogen-bond donors (Lipinski definition) is 0. The van der Waals surface area contributed by atoms with Gasteiger partial charge in [-0.2, -0.15) is 0 Å². The van der Waals surface area contributed by atoms with E-state index in [9.17, 15) is 19.2 Å². The van der Waals surface area contributed by atoms with Crippen LogP contribution in [0.3, 0.4) is 0 Å². The predicted molar refractivity (Wildman–Crippen MR) is 203 cm³/mol. The maximum atomic E-state index is 14.3. The van der Waals surface area contributed by atoms with Crippen molar-refractivity contribution in [3.05, 3.63) is 192 Å². The summed E-state index contributed by atoms with van der Waals surface area (Å²) in [6.45, 7) is -4.33. The Labute approximate surface area is 321 Å². The van der Waals surface area contributed by atoms with E-state index in [-0.39, 0.29) is 41.1 Å². The van der Waals surface area contributed by atoms with Crippen LogP contribution in [-0.2, 0) is 18.6 Å². The van der Waals surface area contributed by atoms with Crippen LogP contribution in [0, 0.1) is 0 Å². The van der Waals surface area contributed by atoms with E-state index in [0.717, 1.165) is 0 Å². The van der Waals surface area contributed by atoms with E-state index in [1.807, 2.05) is 72.8 Å². The maximum Gasteiger partial charge on any atom is 1.00 e. The molecule has 0 radical (unpaired) electrons. The third kappa shape index (κ3) is 6.94. The fraction of sp³-hybridized carbons (Fsp3) is 0. The van der Waals surface area contributed by atoms with Gasteiger partial charge < -0.3 is 18.6 Å². The van der Waals surface area contributed by atoms with Crippen LogP contribution in [0.4, 0.5) is 0 Å². The molecule has 0 saturated carbocycles. The number of benzene rings is 8. The number of carbonyl (C=O) groups excluding carboxylic acids is 4. The number of carbonyl (C=O) groups is 4. The fourth-order valence-electron chi connectivity index (χ4n) is 6.54. The van der Waals surface area contributed by atoms with Gasteiger partial charge in [-0.05, 0) is 67.4 Å². The summed E-state index contributed by atoms with van der Waals surface area (Å²) in [5.74, 6) is -4.26. The van der Waals surface area contributed by atoms with Gasteiger partial charge in [-0.15, -0.1) is 0 Å². The molecule has 0 N–H and O–H groups in total. The number of rotatable bonds is 8. The standard InChI is InChI=1S/C44H28BO8.Li/c46-41(37-25-9-17-29-13-1-5-21-33(29)37)50-45(51-42(47)38-26-10-18-30-14-2-6-22-34(30)38,52-43(48)39-27-11-19-31-15-3-7-23-35(31)39)53-44(49)40-28-12-20-32-16-4-8-24-36(32)40;/h1-28H;/q-1;+1. The predicted octanol–water partition coefficient (Wildman–Crippen LogP) is 6.47. The maximum absolute atomic E-state index is 14.3. The topological polar surface area (TPSA) is 105 Å². The summed E-state index contributed by atoms with van der Waals surface area (Å²) in [5.41, 5.74) is 0.215. The second-order valence-electron chi connectivity index (χ2n) is 12.3. The van der Waals surface area contributed by atoms with Crippen molar-refractivity contribution >= 4 is 73.9 Å². The Morgan fingerprint density at radius 2 is 0.500 bits per heavy atom. The molecule has 8 nitrogen and oxygen atoms in total. The molecule has 8 aromatic carbocycles. The first-order valence-corrected chi connectivity index (χ1v) is 16.9. The average molecular weight is 702 g/mol. The van der Waals surface area contributed by atoms with E-state index in [1.165, 1.54) is 24.3 Å². The summed E-state index contributed by atoms with van der Waals surface area (Å²) in [5, 5.41) is 4.89. The smallest absolute Gasteiger partial charge is 0.581 e. The van der Waals surface area contributed by atoms with E-state index >= 15 is 0 Å². The summed E-state index contributed by atoms with van der Waals surface area (Å²) in [6, 6.07) is 48.3. The Balaban J connectivity index is 0.00000450. The van der Waals surface area contributed by atoms with Crippen LogP contribution in [0.25, 0.3) is 43.1 Å². The Kier molecular flexibility index (Phi) is 10.0. The van der Waals surface area contributed by atoms with Crippen molar-refractivity contribution < 1.29 is 56.7 Å². The molecule has 0 aliphatic rings. The molecule has 0 unspecified atom stereocenters. The molecule has 0 fully saturated rings. The summed E-state index contributed by atoms with van der Waals surface area (Å²) >= 11 is 0. The molecule has 8 aromatic rings. The molecule has 0 atom stereocenters. The molecule has 0 amide bonds. The Bertz CT molecular complexity index is 2350. The van der Waals surface area contributed by atoms with E-state index < -0.39 is 30.8 Å². The summed E-state index contributed by atoms with van der Waals surface area (Å²) in [7, 11) is 0. The molecule has 0 bridgehead atoms. The molecule has 54 heavy (non-hydrogen) atoms. The van der Waals surface area contributed by atoms with Gasteiger partial charge >= 0.3 is 25.8 Å². The second-order valence-corrected chi connectivity index (χ2v) is 12.3. The Morgan fingerprint density at radius 1 is 0.296 bits per heavy atom. The molecule has 0 spiro atoms. The first-order chi connectivity index (χ1) is 25.9. The molecule has 0 heterocycles. The van der Waals surface area contributed by atoms with Gasteiger partial charge in [0, 0.05) is 0 Å². The van der Waals surface area contributed by atoms with Crippen LogP contribution >= 0.6 is 0 Å². The van der Waals surface area contributed by atoms with Crippen molar-refractivity contribution in [1.29, 1.82) is 0 Å². The van der Waals surface area contributed by atoms with Crippen molar-refractivity contribution in [2.75, 3.05) is 0 Å². The molecule has 0 aliphatic carbocycles. The van der Waals surface area contributed by atoms with Gasteiger partial charge in [-0.3, -0.25) is 19.2 Å². The van der Waals surface area contributed by atoms with Gasteiger partial charge in [-0.25, -0.2) is 0 Å². The zero-order valence-corrected chi connectivity index (χ0v) is 29.0. The summed E-state index contributed by atoms with van der Waals surface area (Å²) in [4.78, 5) is 57.1. The first kappa shape index (κ1) is 35.7. The van der Waals surface area contributed by atoms with Gasteiger partial charge in [0.15, 0.2) is 0 Å². The minimum Gasteiger partial charge on any atom is -0.581 e. The van der Waals surface area contributed by atoms with Crippen molar-refractivity contribution in [2.24, 2.45) is 0 Å². The Hall–Kier alpha value is -6.66. The molecular weight excluding hydrogens is 674 g/mol. The van der Waals surface area contributed by atoms with Crippen molar-refractivity contribution in [3.8, 4) is 0 Å². The summed E-state index contributed by atoms with van der Waals surface area (Å²) in [6.07, 6.45) is 0. The van der Waals surface area contributed by atoms with Crippen molar-refractivity contribution in [3.63, 3.8) is 0 Å². The van der Waals surface area contributed by atoms with Gasteiger partial charge in [0.1, 0.15) is 0 Å². The van der Waals surface area contributed by atoms with Crippen LogP contribution in [0.1, 0.15) is 41.4 Å². The Morgan fingerprint density at radius 3 is 0.741 bits per heavy atom. The zero-order chi connectivity index (χ0) is 36.4. The largest absolute Gasteiger partial charge is 1.00 e. The van der Waals surface area contributed by atoms with Crippen LogP contribution < -0.4 is 18.9 Å². The monoisotopic (exact) mass is 702 g/mol. The zero-order valence-electron chi connectivity index (χ0n) is 29.0. The molecule has 256 valence electrons. The van der Waals surface area contributed by atoms with E-state index in [4.69, 9.17) is 18.6 Å². The second kappa shape index (κ2) is 15.1. The SMILES string of the molecule is O=C(O[B-](OC(=O)c1cccc2ccccc12)(OC(=O)c1cccc2ccccc12)OC(=O)c1cccc2ccccc12)c1cccc2ccccc12.[Li+]. The average Bonchev–Trinajstić information content (AvgIpc) is 3.19. The van der Waals surface area contributed by atoms with E-state index in [2.05, 4.69) is 0 Å². The number of fused-ring (bicyclic) bond motifs is 4. The van der Waals surface area contributed by atoms with Gasteiger partial charge in [0.05, 0.1) is 22.3 Å². The van der Waals surface area contributed by atoms with Crippen LogP contribution in [-0.4, -0.2) is 30.8 Å². The molecule has 0 saturated heterocycles. The molecule has 8 rings (SSSR count). The van der Waals surface area contributed by atoms with Gasteiger partial charge in [-0.1, -0.05) is 146 Å². The molecular formula is C44H28BLiO8. The quantitative estimate of drug-likeness (QED) is 0.166. The van der Waals surface area contributed by atoms with Crippen LogP contribution in [0.5, 0.6) is 0 Å². The minimum atomic E-state index is -4.33. The van der Waals surface area contributed by atoms with E-state index in [0.29, 0.717) is 43.1 Å². The molecule has 10 heteroatoms. The van der Waals surface area contributed by atoms with Crippen LogP contribution in [0.15, 0.2) is 170 Å². The third-order valence-electron chi connectivity index (χ3n) is 9.04. The van der Waals surface area contributed by atoms with Crippen molar-refractivity contribution in [2.45, 2.75) is 0 Å². The van der Waals surface area contributed by atoms with Crippen LogP contribution in [0.2, 0.25) is 0 Å². The number of hydrogen-bond acceptors (Lipinski definition) is 8. The van der Waals surface area contributed by atoms with E-state index in [1.54, 1.807) is 72.8 Å². The fourth-order valence-corrected chi connectivity index (χ4v) is 6.54. The van der Waals surface area contributed by atoms with Gasteiger partial charge in [0.2, 0.25) is 0 Å². The molecule has 0 aliphatic heterocycles. The summed E-state index contributed by atoms with van der Waals surface area (Å²) < 4.78 is 23.8. The minimum absolute atomic E-state index is 0. The third-order valence-corrected chi connectivity index (χ3v) is 9.04. The first-order valence-electron chi connectivity index (χ1n) is 16.9. The molecule has 0 aromatic heterocycles. The normalized spacial score (nSPS) is 11.1.